The summed E-state index contributed by atoms with van der Waals surface area (Å²) in [6, 6.07) is 14.9. The second-order valence-corrected chi connectivity index (χ2v) is 5.10. The van der Waals surface area contributed by atoms with Crippen LogP contribution in [0, 0.1) is 0 Å². The third-order valence-corrected chi connectivity index (χ3v) is 3.23. The molecule has 2 heteroatoms. The molecule has 1 radical (unpaired) electrons. The summed E-state index contributed by atoms with van der Waals surface area (Å²) < 4.78 is 0. The van der Waals surface area contributed by atoms with E-state index < -0.39 is 0 Å². The van der Waals surface area contributed by atoms with Gasteiger partial charge in [-0.2, -0.15) is 0 Å². The minimum Gasteiger partial charge on any atom is -0.289 e. The monoisotopic (exact) mass is 255 g/mol. The van der Waals surface area contributed by atoms with Crippen LogP contribution in [0.5, 0.6) is 0 Å². The number of carbonyl (C=O) groups is 1. The van der Waals surface area contributed by atoms with Crippen LogP contribution in [0.3, 0.4) is 0 Å². The third-order valence-electron chi connectivity index (χ3n) is 2.96. The fraction of sp³-hybridized carbons (Fsp3) is 0.188. The Morgan fingerprint density at radius 3 is 1.78 bits per heavy atom. The Hall–Kier alpha value is -1.67. The summed E-state index contributed by atoms with van der Waals surface area (Å²) in [5.41, 5.74) is 2.64. The molecule has 0 N–H and O–H groups in total. The zero-order valence-electron chi connectivity index (χ0n) is 10.5. The molecule has 91 valence electrons. The zero-order chi connectivity index (χ0) is 13.1. The van der Waals surface area contributed by atoms with Gasteiger partial charge < -0.3 is 0 Å². The first-order valence-electron chi connectivity index (χ1n) is 5.99. The molecule has 0 saturated carbocycles. The molecule has 0 amide bonds. The van der Waals surface area contributed by atoms with Crippen molar-refractivity contribution >= 4 is 18.4 Å². The van der Waals surface area contributed by atoms with E-state index in [0.29, 0.717) is 11.5 Å². The molecule has 0 aliphatic heterocycles. The molecule has 0 aliphatic rings. The topological polar surface area (TPSA) is 17.1 Å². The van der Waals surface area contributed by atoms with Crippen molar-refractivity contribution < 1.29 is 4.79 Å². The number of hydrogen-bond donors (Lipinski definition) is 0. The van der Waals surface area contributed by atoms with Crippen LogP contribution in [0.4, 0.5) is 0 Å². The predicted octanol–water partition coefficient (Wildman–Crippen LogP) is 4.60. The van der Waals surface area contributed by atoms with Crippen molar-refractivity contribution in [2.24, 2.45) is 0 Å². The molecule has 0 saturated heterocycles. The highest BCUT2D eigenvalue weighted by Crippen LogP contribution is 2.17. The molecule has 18 heavy (non-hydrogen) atoms. The largest absolute Gasteiger partial charge is 0.289 e. The van der Waals surface area contributed by atoms with Crippen molar-refractivity contribution in [2.75, 3.05) is 0 Å². The number of hydrogen-bond acceptors (Lipinski definition) is 1. The number of carbonyl (C=O) groups excluding carboxylic acids is 1. The van der Waals surface area contributed by atoms with Crippen LogP contribution in [0.2, 0.25) is 0 Å². The van der Waals surface area contributed by atoms with Crippen molar-refractivity contribution in [1.82, 2.24) is 0 Å². The Morgan fingerprint density at radius 2 is 1.33 bits per heavy atom. The summed E-state index contributed by atoms with van der Waals surface area (Å²) in [6.07, 6.45) is 0. The number of rotatable bonds is 3. The molecule has 0 unspecified atom stereocenters. The average molecular weight is 255 g/mol. The minimum absolute atomic E-state index is 0.0420. The maximum atomic E-state index is 12.2. The van der Waals surface area contributed by atoms with Gasteiger partial charge in [-0.05, 0) is 35.7 Å². The van der Waals surface area contributed by atoms with Crippen LogP contribution < -0.4 is 0 Å². The average Bonchev–Trinajstić information content (AvgIpc) is 2.39. The third kappa shape index (κ3) is 2.77. The standard InChI is InChI=1S/C16H15OS/c1-11(2)12-3-5-13(6-4-12)16(17)14-7-9-15(18)10-8-14/h3-11H,1-2H3. The van der Waals surface area contributed by atoms with E-state index in [9.17, 15) is 4.79 Å². The Labute approximate surface area is 113 Å². The lowest BCUT2D eigenvalue weighted by atomic mass is 9.98. The molecule has 1 nitrogen and oxygen atoms in total. The lowest BCUT2D eigenvalue weighted by Crippen LogP contribution is -2.01. The number of ketones is 1. The zero-order valence-corrected chi connectivity index (χ0v) is 11.3. The van der Waals surface area contributed by atoms with Gasteiger partial charge in [0, 0.05) is 16.0 Å². The fourth-order valence-corrected chi connectivity index (χ4v) is 1.93. The van der Waals surface area contributed by atoms with E-state index in [1.807, 2.05) is 24.3 Å². The van der Waals surface area contributed by atoms with Crippen LogP contribution in [0.25, 0.3) is 0 Å². The highest BCUT2D eigenvalue weighted by Gasteiger charge is 2.09. The van der Waals surface area contributed by atoms with Crippen molar-refractivity contribution in [3.63, 3.8) is 0 Å². The second-order valence-electron chi connectivity index (χ2n) is 4.63. The predicted molar refractivity (Wildman–Crippen MR) is 76.3 cm³/mol. The molecule has 0 aliphatic carbocycles. The van der Waals surface area contributed by atoms with Gasteiger partial charge in [-0.15, -0.1) is 0 Å². The smallest absolute Gasteiger partial charge is 0.193 e. The summed E-state index contributed by atoms with van der Waals surface area (Å²) in [5, 5.41) is 0. The van der Waals surface area contributed by atoms with Gasteiger partial charge in [0.05, 0.1) is 0 Å². The maximum absolute atomic E-state index is 12.2. The van der Waals surface area contributed by atoms with Gasteiger partial charge in [-0.3, -0.25) is 4.79 Å². The van der Waals surface area contributed by atoms with E-state index in [2.05, 4.69) is 13.8 Å². The maximum Gasteiger partial charge on any atom is 0.193 e. The van der Waals surface area contributed by atoms with Crippen LogP contribution >= 0.6 is 12.6 Å². The van der Waals surface area contributed by atoms with Crippen LogP contribution in [0.15, 0.2) is 53.4 Å². The van der Waals surface area contributed by atoms with Crippen molar-refractivity contribution in [1.29, 1.82) is 0 Å². The molecule has 0 atom stereocenters. The summed E-state index contributed by atoms with van der Waals surface area (Å²) in [5.74, 6) is 0.522. The van der Waals surface area contributed by atoms with E-state index >= 15 is 0 Å². The lowest BCUT2D eigenvalue weighted by Gasteiger charge is -2.06. The van der Waals surface area contributed by atoms with Crippen molar-refractivity contribution in [2.45, 2.75) is 24.7 Å². The quantitative estimate of drug-likeness (QED) is 0.733. The van der Waals surface area contributed by atoms with E-state index in [-0.39, 0.29) is 5.78 Å². The van der Waals surface area contributed by atoms with Crippen LogP contribution in [0.1, 0.15) is 41.3 Å². The first-order chi connectivity index (χ1) is 8.58. The highest BCUT2D eigenvalue weighted by atomic mass is 32.1. The fourth-order valence-electron chi connectivity index (χ4n) is 1.79. The van der Waals surface area contributed by atoms with E-state index in [4.69, 9.17) is 12.6 Å². The Balaban J connectivity index is 2.26. The molecular formula is C16H15OS. The molecule has 2 rings (SSSR count). The molecule has 0 fully saturated rings. The Kier molecular flexibility index (Phi) is 3.78. The molecular weight excluding hydrogens is 240 g/mol. The summed E-state index contributed by atoms with van der Waals surface area (Å²) in [7, 11) is 0. The van der Waals surface area contributed by atoms with Crippen LogP contribution in [-0.4, -0.2) is 5.78 Å². The molecule has 0 heterocycles. The lowest BCUT2D eigenvalue weighted by molar-refractivity contribution is 0.103. The Bertz CT molecular complexity index is 538. The van der Waals surface area contributed by atoms with E-state index in [0.717, 1.165) is 10.5 Å². The van der Waals surface area contributed by atoms with Gasteiger partial charge in [-0.25, -0.2) is 0 Å². The first-order valence-corrected chi connectivity index (χ1v) is 6.40. The van der Waals surface area contributed by atoms with E-state index in [1.165, 1.54) is 5.56 Å². The molecule has 2 aromatic carbocycles. The van der Waals surface area contributed by atoms with E-state index in [1.54, 1.807) is 24.3 Å². The molecule has 0 spiro atoms. The first kappa shape index (κ1) is 12.8. The summed E-state index contributed by atoms with van der Waals surface area (Å²) in [4.78, 5) is 13.0. The molecule has 2 aromatic rings. The normalized spacial score (nSPS) is 10.6. The van der Waals surface area contributed by atoms with Gasteiger partial charge in [0.2, 0.25) is 0 Å². The second kappa shape index (κ2) is 5.32. The minimum atomic E-state index is 0.0420. The van der Waals surface area contributed by atoms with Gasteiger partial charge in [0.25, 0.3) is 0 Å². The highest BCUT2D eigenvalue weighted by molar-refractivity contribution is 7.80. The molecule has 0 aromatic heterocycles. The van der Waals surface area contributed by atoms with Crippen molar-refractivity contribution in [3.05, 3.63) is 65.2 Å². The summed E-state index contributed by atoms with van der Waals surface area (Å²) in [6.45, 7) is 4.28. The van der Waals surface area contributed by atoms with Gasteiger partial charge >= 0.3 is 0 Å². The number of benzene rings is 2. The summed E-state index contributed by atoms with van der Waals surface area (Å²) >= 11 is 5.01. The van der Waals surface area contributed by atoms with Gasteiger partial charge in [-0.1, -0.05) is 50.7 Å². The van der Waals surface area contributed by atoms with Crippen molar-refractivity contribution in [3.8, 4) is 0 Å². The van der Waals surface area contributed by atoms with Gasteiger partial charge in [0.1, 0.15) is 0 Å². The Morgan fingerprint density at radius 1 is 0.889 bits per heavy atom. The van der Waals surface area contributed by atoms with Gasteiger partial charge in [0.15, 0.2) is 5.78 Å². The molecule has 0 bridgehead atoms. The SMILES string of the molecule is CC(C)c1ccc(C(=O)c2ccc([S])cc2)cc1. The van der Waals surface area contributed by atoms with Crippen LogP contribution in [-0.2, 0) is 0 Å².